The normalized spacial score (nSPS) is 12.8. The van der Waals surface area contributed by atoms with Gasteiger partial charge in [0.1, 0.15) is 11.7 Å². The fourth-order valence-corrected chi connectivity index (χ4v) is 11.9. The maximum atomic E-state index is 4.35. The maximum absolute atomic E-state index is 4.35. The van der Waals surface area contributed by atoms with Crippen LogP contribution >= 0.6 is 0 Å². The molecule has 101 heavy (non-hydrogen) atoms. The Morgan fingerprint density at radius 3 is 1.10 bits per heavy atom. The van der Waals surface area contributed by atoms with Gasteiger partial charge in [-0.15, -0.1) is 5.11 Å². The fourth-order valence-electron chi connectivity index (χ4n) is 11.9. The number of aliphatic imine (C=N–C) groups is 2. The van der Waals surface area contributed by atoms with Crippen molar-refractivity contribution in [2.45, 2.75) is 234 Å². The van der Waals surface area contributed by atoms with Gasteiger partial charge in [-0.25, -0.2) is 9.98 Å². The first-order valence-electron chi connectivity index (χ1n) is 38.0. The average molecular weight is 1360 g/mol. The van der Waals surface area contributed by atoms with Crippen molar-refractivity contribution in [1.29, 1.82) is 0 Å². The molecule has 0 saturated heterocycles. The number of fused-ring (bicyclic) bond motifs is 12. The highest BCUT2D eigenvalue weighted by atomic mass is 15.3. The molecule has 0 amide bonds. The van der Waals surface area contributed by atoms with Crippen LogP contribution in [0, 0.1) is 68.2 Å². The van der Waals surface area contributed by atoms with Crippen molar-refractivity contribution in [2.24, 2.45) is 47.3 Å². The van der Waals surface area contributed by atoms with E-state index in [1.807, 2.05) is 146 Å². The number of aryl methyl sites for hydroxylation is 10. The van der Waals surface area contributed by atoms with Crippen LogP contribution in [-0.4, -0.2) is 36.4 Å². The quantitative estimate of drug-likeness (QED) is 0.149. The van der Waals surface area contributed by atoms with Gasteiger partial charge in [0.2, 0.25) is 0 Å². The van der Waals surface area contributed by atoms with Crippen LogP contribution in [0.15, 0.2) is 189 Å². The van der Waals surface area contributed by atoms with Crippen LogP contribution in [0.1, 0.15) is 225 Å². The first-order valence-corrected chi connectivity index (χ1v) is 38.0. The Hall–Kier alpha value is -8.75. The van der Waals surface area contributed by atoms with Crippen LogP contribution in [0.3, 0.4) is 0 Å². The summed E-state index contributed by atoms with van der Waals surface area (Å²) in [5, 5.41) is 12.8. The number of allylic oxidation sites excluding steroid dienone is 2. The molecule has 0 bridgehead atoms. The van der Waals surface area contributed by atoms with Crippen LogP contribution < -0.4 is 0 Å². The Bertz CT molecular complexity index is 4290. The Labute approximate surface area is 615 Å². The van der Waals surface area contributed by atoms with Crippen LogP contribution in [0.25, 0.3) is 65.9 Å². The SMILES string of the molecule is CC.CC.CC.CC.CC.CC.CC.CC.CC1=NC(C)=C(C)C1C.CC1=NC(C)N=N1.Cc1ccc2c(c1)-c1cc(C)ccc1C2.Cc1ccc2c(c1)Cc1cc(C)ccc1-2.Cc1ccc2c(c1)c1ccccc1n2C.Cc1ccc2c3ccccc3n(C)c2c1.Cc1nc(C)n(C)c1C. The molecule has 11 aromatic rings. The van der Waals surface area contributed by atoms with Crippen LogP contribution in [0.4, 0.5) is 0 Å². The van der Waals surface area contributed by atoms with Crippen molar-refractivity contribution >= 4 is 55.2 Å². The fraction of sp³-hybridized carbons (Fsp3) is 0.409. The zero-order chi connectivity index (χ0) is 77.0. The van der Waals surface area contributed by atoms with Crippen molar-refractivity contribution in [3.8, 4) is 22.3 Å². The summed E-state index contributed by atoms with van der Waals surface area (Å²) in [6.07, 6.45) is 2.28. The molecule has 8 aromatic carbocycles. The number of nitrogens with zero attached hydrogens (tertiary/aromatic N) is 8. The lowest BCUT2D eigenvalue weighted by molar-refractivity contribution is 0.788. The molecule has 4 aliphatic rings. The highest BCUT2D eigenvalue weighted by Crippen LogP contribution is 2.39. The third kappa shape index (κ3) is 24.5. The van der Waals surface area contributed by atoms with Gasteiger partial charge in [0, 0.05) is 87.8 Å². The van der Waals surface area contributed by atoms with E-state index in [0.717, 1.165) is 30.2 Å². The van der Waals surface area contributed by atoms with Crippen LogP contribution in [0.5, 0.6) is 0 Å². The molecular weight excluding hydrogens is 1230 g/mol. The van der Waals surface area contributed by atoms with Gasteiger partial charge < -0.3 is 13.7 Å². The Morgan fingerprint density at radius 1 is 0.347 bits per heavy atom. The average Bonchev–Trinajstić information content (AvgIpc) is 1.63. The van der Waals surface area contributed by atoms with Gasteiger partial charge in [0.25, 0.3) is 0 Å². The lowest BCUT2D eigenvalue weighted by Gasteiger charge is -2.03. The summed E-state index contributed by atoms with van der Waals surface area (Å²) in [4.78, 5) is 12.6. The minimum atomic E-state index is 0.0694. The van der Waals surface area contributed by atoms with E-state index in [0.29, 0.717) is 5.92 Å². The molecule has 0 N–H and O–H groups in total. The summed E-state index contributed by atoms with van der Waals surface area (Å²) in [5.41, 5.74) is 31.2. The molecule has 546 valence electrons. The number of amidine groups is 1. The number of aromatic nitrogens is 4. The third-order valence-corrected chi connectivity index (χ3v) is 17.3. The largest absolute Gasteiger partial charge is 0.344 e. The predicted molar refractivity (Wildman–Crippen MR) is 455 cm³/mol. The molecule has 2 atom stereocenters. The number of para-hydroxylation sites is 2. The zero-order valence-electron chi connectivity index (χ0n) is 69.7. The maximum Gasteiger partial charge on any atom is 0.160 e. The van der Waals surface area contributed by atoms with Gasteiger partial charge in [-0.05, 0) is 196 Å². The number of benzene rings is 8. The van der Waals surface area contributed by atoms with Gasteiger partial charge in [0.15, 0.2) is 6.17 Å². The standard InChI is InChI=1S/2C15H14.2C14H13N.C8H13N.C7H12N2.C4H7N3.8C2H6/c1-10-3-5-14-12(7-10)9-13-8-11(2)4-6-15(13)14;1-10-3-5-12-9-13-6-4-11(2)8-15(13)14(12)7-10;1-10-7-8-14-12(9-10)11-5-3-4-6-13(11)15(14)2;1-10-7-8-12-11-5-3-4-6-13(11)15(2)14(12)9-10;1-5-6(2)8(4)9-7(5)3;1-5-6(2)9(4)7(3)8-5;1-3-5-4(2)7-6-3;8*1-2/h2*3-8H,9H2,1-2H3;2*3-9H,1-2H3;5H,1-4H3;1-4H3;3H,1-2H3;8*1-2H3. The Balaban J connectivity index is 0.000000577. The topological polar surface area (TPSA) is 77.1 Å². The summed E-state index contributed by atoms with van der Waals surface area (Å²) in [6, 6.07) is 57.5. The number of imidazole rings is 1. The first kappa shape index (κ1) is 90.3. The molecule has 5 heterocycles. The van der Waals surface area contributed by atoms with Crippen molar-refractivity contribution in [3.05, 3.63) is 242 Å². The monoisotopic (exact) mass is 1360 g/mol. The molecule has 2 unspecified atom stereocenters. The van der Waals surface area contributed by atoms with Crippen molar-refractivity contribution in [1.82, 2.24) is 18.7 Å². The van der Waals surface area contributed by atoms with Gasteiger partial charge in [-0.3, -0.25) is 4.99 Å². The van der Waals surface area contributed by atoms with E-state index >= 15 is 0 Å². The summed E-state index contributed by atoms with van der Waals surface area (Å²) in [7, 11) is 6.29. The number of rotatable bonds is 0. The summed E-state index contributed by atoms with van der Waals surface area (Å²) in [5.74, 6) is 2.46. The Morgan fingerprint density at radius 2 is 0.723 bits per heavy atom. The second-order valence-electron chi connectivity index (χ2n) is 23.8. The lowest BCUT2D eigenvalue weighted by Crippen LogP contribution is -2.02. The van der Waals surface area contributed by atoms with Crippen molar-refractivity contribution < 1.29 is 0 Å². The molecular formula is C93H134N8. The molecule has 8 heteroatoms. The number of hydrogen-bond acceptors (Lipinski definition) is 5. The van der Waals surface area contributed by atoms with E-state index in [4.69, 9.17) is 0 Å². The molecule has 2 aliphatic carbocycles. The van der Waals surface area contributed by atoms with Gasteiger partial charge in [-0.2, -0.15) is 5.11 Å². The molecule has 0 spiro atoms. The molecule has 0 fully saturated rings. The molecule has 8 nitrogen and oxygen atoms in total. The van der Waals surface area contributed by atoms with E-state index in [-0.39, 0.29) is 6.17 Å². The predicted octanol–water partition coefficient (Wildman–Crippen LogP) is 28.2. The summed E-state index contributed by atoms with van der Waals surface area (Å²) in [6.45, 7) is 63.3. The van der Waals surface area contributed by atoms with E-state index in [1.165, 1.54) is 144 Å². The second-order valence-corrected chi connectivity index (χ2v) is 23.8. The molecule has 3 aromatic heterocycles. The Kier molecular flexibility index (Phi) is 41.7. The van der Waals surface area contributed by atoms with E-state index in [2.05, 4.69) is 287 Å². The highest BCUT2D eigenvalue weighted by molar-refractivity contribution is 6.09. The minimum Gasteiger partial charge on any atom is -0.344 e. The summed E-state index contributed by atoms with van der Waals surface area (Å²) < 4.78 is 6.61. The van der Waals surface area contributed by atoms with E-state index in [1.54, 1.807) is 0 Å². The van der Waals surface area contributed by atoms with Crippen molar-refractivity contribution in [2.75, 3.05) is 0 Å². The second kappa shape index (κ2) is 46.6. The molecule has 0 saturated carbocycles. The van der Waals surface area contributed by atoms with Crippen LogP contribution in [-0.2, 0) is 34.0 Å². The van der Waals surface area contributed by atoms with E-state index in [9.17, 15) is 0 Å². The number of azo groups is 1. The molecule has 15 rings (SSSR count). The van der Waals surface area contributed by atoms with Gasteiger partial charge >= 0.3 is 0 Å². The van der Waals surface area contributed by atoms with Crippen LogP contribution in [0.2, 0.25) is 0 Å². The molecule has 0 radical (unpaired) electrons. The lowest BCUT2D eigenvalue weighted by atomic mass is 10.0. The minimum absolute atomic E-state index is 0.0694. The smallest absolute Gasteiger partial charge is 0.160 e. The first-order chi connectivity index (χ1) is 48.6. The third-order valence-electron chi connectivity index (χ3n) is 17.3. The summed E-state index contributed by atoms with van der Waals surface area (Å²) >= 11 is 0. The zero-order valence-corrected chi connectivity index (χ0v) is 69.7. The number of hydrogen-bond donors (Lipinski definition) is 0. The van der Waals surface area contributed by atoms with Gasteiger partial charge in [-0.1, -0.05) is 273 Å². The van der Waals surface area contributed by atoms with Crippen molar-refractivity contribution in [3.63, 3.8) is 0 Å². The molecule has 2 aliphatic heterocycles. The highest BCUT2D eigenvalue weighted by Gasteiger charge is 2.20. The van der Waals surface area contributed by atoms with E-state index < -0.39 is 0 Å². The van der Waals surface area contributed by atoms with Gasteiger partial charge in [0.05, 0.1) is 5.69 Å².